The van der Waals surface area contributed by atoms with E-state index in [0.29, 0.717) is 0 Å². The summed E-state index contributed by atoms with van der Waals surface area (Å²) < 4.78 is 7.51. The average Bonchev–Trinajstić information content (AvgIpc) is 3.26. The number of methoxy groups -OCH3 is 1. The summed E-state index contributed by atoms with van der Waals surface area (Å²) in [4.78, 5) is 3.55. The van der Waals surface area contributed by atoms with Gasteiger partial charge in [-0.1, -0.05) is 54.6 Å². The summed E-state index contributed by atoms with van der Waals surface area (Å²) in [5.74, 6) is 0.869. The Labute approximate surface area is 151 Å². The number of nitrogens with zero attached hydrogens (tertiary/aromatic N) is 1. The number of nitrogens with one attached hydrogen (secondary N) is 1. The minimum Gasteiger partial charge on any atom is -0.497 e. The van der Waals surface area contributed by atoms with Crippen LogP contribution >= 0.6 is 0 Å². The molecule has 2 aromatic heterocycles. The quantitative estimate of drug-likeness (QED) is 0.445. The van der Waals surface area contributed by atoms with E-state index in [0.717, 1.165) is 22.5 Å². The van der Waals surface area contributed by atoms with Crippen LogP contribution < -0.4 is 4.74 Å². The van der Waals surface area contributed by atoms with Crippen molar-refractivity contribution in [1.82, 2.24) is 9.38 Å². The highest BCUT2D eigenvalue weighted by Crippen LogP contribution is 2.30. The number of benzene rings is 3. The summed E-state index contributed by atoms with van der Waals surface area (Å²) in [5, 5.41) is 2.36. The second kappa shape index (κ2) is 5.81. The molecule has 0 unspecified atom stereocenters. The molecule has 26 heavy (non-hydrogen) atoms. The molecular weight excluding hydrogens is 320 g/mol. The number of hydrogen-bond acceptors (Lipinski definition) is 1. The van der Waals surface area contributed by atoms with E-state index in [1.165, 1.54) is 22.1 Å². The molecule has 3 heteroatoms. The number of aromatic amines is 1. The first-order valence-corrected chi connectivity index (χ1v) is 8.65. The molecule has 0 saturated heterocycles. The first-order valence-electron chi connectivity index (χ1n) is 8.65. The van der Waals surface area contributed by atoms with Gasteiger partial charge in [0.25, 0.3) is 0 Å². The maximum Gasteiger partial charge on any atom is 0.122 e. The monoisotopic (exact) mass is 338 g/mol. The standard InChI is InChI=1S/C23H18N2O/c1-26-20-12-11-19-14-25-15-22(24-23(25)21(19)13-20)18-9-7-17(8-10-18)16-5-3-2-4-6-16/h2-15,24H,1H3. The fourth-order valence-corrected chi connectivity index (χ4v) is 3.49. The summed E-state index contributed by atoms with van der Waals surface area (Å²) >= 11 is 0. The molecule has 0 atom stereocenters. The van der Waals surface area contributed by atoms with Crippen molar-refractivity contribution in [1.29, 1.82) is 0 Å². The van der Waals surface area contributed by atoms with Crippen molar-refractivity contribution in [3.8, 4) is 28.1 Å². The van der Waals surface area contributed by atoms with Crippen molar-refractivity contribution < 1.29 is 4.74 Å². The molecule has 2 heterocycles. The Bertz CT molecular complexity index is 1200. The molecule has 0 aliphatic rings. The SMILES string of the molecule is COc1ccc2cn3cc(-c4ccc(-c5ccccc5)cc4)[nH]c3c2c1. The third-order valence-corrected chi connectivity index (χ3v) is 4.88. The van der Waals surface area contributed by atoms with Crippen molar-refractivity contribution in [2.45, 2.75) is 0 Å². The lowest BCUT2D eigenvalue weighted by Gasteiger charge is -2.03. The zero-order valence-corrected chi connectivity index (χ0v) is 14.4. The molecule has 0 aliphatic carbocycles. The molecule has 126 valence electrons. The van der Waals surface area contributed by atoms with Crippen LogP contribution in [0.15, 0.2) is 85.2 Å². The number of rotatable bonds is 3. The zero-order chi connectivity index (χ0) is 17.5. The first-order chi connectivity index (χ1) is 12.8. The van der Waals surface area contributed by atoms with Crippen LogP contribution in [-0.2, 0) is 0 Å². The molecule has 1 N–H and O–H groups in total. The Morgan fingerprint density at radius 2 is 1.50 bits per heavy atom. The van der Waals surface area contributed by atoms with E-state index in [1.807, 2.05) is 12.1 Å². The van der Waals surface area contributed by atoms with E-state index in [1.54, 1.807) is 7.11 Å². The predicted octanol–water partition coefficient (Wildman–Crippen LogP) is 5.76. The molecule has 5 aromatic rings. The number of hydrogen-bond donors (Lipinski definition) is 1. The second-order valence-corrected chi connectivity index (χ2v) is 6.45. The molecule has 0 saturated carbocycles. The van der Waals surface area contributed by atoms with Crippen LogP contribution in [0.25, 0.3) is 38.8 Å². The van der Waals surface area contributed by atoms with Crippen molar-refractivity contribution in [2.24, 2.45) is 0 Å². The highest BCUT2D eigenvalue weighted by Gasteiger charge is 2.09. The van der Waals surface area contributed by atoms with E-state index in [9.17, 15) is 0 Å². The van der Waals surface area contributed by atoms with Crippen molar-refractivity contribution in [3.63, 3.8) is 0 Å². The van der Waals surface area contributed by atoms with Crippen LogP contribution in [0.3, 0.4) is 0 Å². The van der Waals surface area contributed by atoms with Crippen LogP contribution in [-0.4, -0.2) is 16.5 Å². The molecule has 0 spiro atoms. The van der Waals surface area contributed by atoms with Gasteiger partial charge in [-0.15, -0.1) is 0 Å². The van der Waals surface area contributed by atoms with Gasteiger partial charge in [0.2, 0.25) is 0 Å². The van der Waals surface area contributed by atoms with Crippen molar-refractivity contribution in [3.05, 3.63) is 85.2 Å². The average molecular weight is 338 g/mol. The van der Waals surface area contributed by atoms with Gasteiger partial charge in [0.1, 0.15) is 11.4 Å². The van der Waals surface area contributed by atoms with Crippen LogP contribution in [0.1, 0.15) is 0 Å². The third kappa shape index (κ3) is 2.37. The van der Waals surface area contributed by atoms with E-state index in [2.05, 4.69) is 82.4 Å². The van der Waals surface area contributed by atoms with Crippen molar-refractivity contribution in [2.75, 3.05) is 7.11 Å². The van der Waals surface area contributed by atoms with Crippen LogP contribution in [0, 0.1) is 0 Å². The Morgan fingerprint density at radius 3 is 2.27 bits per heavy atom. The largest absolute Gasteiger partial charge is 0.497 e. The van der Waals surface area contributed by atoms with Crippen LogP contribution in [0.4, 0.5) is 0 Å². The summed E-state index contributed by atoms with van der Waals surface area (Å²) in [5.41, 5.74) is 5.81. The lowest BCUT2D eigenvalue weighted by atomic mass is 10.0. The molecule has 3 nitrogen and oxygen atoms in total. The number of imidazole rings is 1. The Hall–Kier alpha value is -3.46. The van der Waals surface area contributed by atoms with Gasteiger partial charge >= 0.3 is 0 Å². The highest BCUT2D eigenvalue weighted by molar-refractivity contribution is 5.97. The smallest absolute Gasteiger partial charge is 0.122 e. The molecular formula is C23H18N2O. The number of aromatic nitrogens is 2. The molecule has 5 rings (SSSR count). The fraction of sp³-hybridized carbons (Fsp3) is 0.0435. The number of H-pyrrole nitrogens is 1. The molecule has 0 radical (unpaired) electrons. The summed E-state index contributed by atoms with van der Waals surface area (Å²) in [7, 11) is 1.70. The van der Waals surface area contributed by atoms with Crippen LogP contribution in [0.2, 0.25) is 0 Å². The number of fused-ring (bicyclic) bond motifs is 3. The predicted molar refractivity (Wildman–Crippen MR) is 107 cm³/mol. The minimum atomic E-state index is 0.869. The van der Waals surface area contributed by atoms with Crippen molar-refractivity contribution >= 4 is 16.4 Å². The summed E-state index contributed by atoms with van der Waals surface area (Å²) in [6.45, 7) is 0. The van der Waals surface area contributed by atoms with Crippen LogP contribution in [0.5, 0.6) is 5.75 Å². The van der Waals surface area contributed by atoms with E-state index >= 15 is 0 Å². The van der Waals surface area contributed by atoms with E-state index in [4.69, 9.17) is 4.74 Å². The maximum absolute atomic E-state index is 5.36. The van der Waals surface area contributed by atoms with Gasteiger partial charge in [-0.3, -0.25) is 0 Å². The van der Waals surface area contributed by atoms with E-state index in [-0.39, 0.29) is 0 Å². The summed E-state index contributed by atoms with van der Waals surface area (Å²) in [6, 6.07) is 25.3. The first kappa shape index (κ1) is 14.8. The Balaban J connectivity index is 1.56. The van der Waals surface area contributed by atoms with Gasteiger partial charge in [-0.2, -0.15) is 0 Å². The van der Waals surface area contributed by atoms with Gasteiger partial charge < -0.3 is 14.1 Å². The molecule has 3 aromatic carbocycles. The molecule has 0 aliphatic heterocycles. The van der Waals surface area contributed by atoms with Gasteiger partial charge in [0, 0.05) is 23.2 Å². The van der Waals surface area contributed by atoms with Gasteiger partial charge in [-0.25, -0.2) is 0 Å². The Kier molecular flexibility index (Phi) is 3.32. The lowest BCUT2D eigenvalue weighted by molar-refractivity contribution is 0.415. The van der Waals surface area contributed by atoms with Gasteiger partial charge in [0.05, 0.1) is 12.8 Å². The third-order valence-electron chi connectivity index (χ3n) is 4.88. The molecule has 0 amide bonds. The topological polar surface area (TPSA) is 29.4 Å². The fourth-order valence-electron chi connectivity index (χ4n) is 3.49. The van der Waals surface area contributed by atoms with Gasteiger partial charge in [0.15, 0.2) is 0 Å². The Morgan fingerprint density at radius 1 is 0.769 bits per heavy atom. The molecule has 0 bridgehead atoms. The summed E-state index contributed by atoms with van der Waals surface area (Å²) in [6.07, 6.45) is 4.28. The minimum absolute atomic E-state index is 0.869. The lowest BCUT2D eigenvalue weighted by Crippen LogP contribution is -1.81. The maximum atomic E-state index is 5.36. The number of ether oxygens (including phenoxy) is 1. The zero-order valence-electron chi connectivity index (χ0n) is 14.4. The van der Waals surface area contributed by atoms with Gasteiger partial charge in [-0.05, 0) is 34.9 Å². The normalized spacial score (nSPS) is 11.3. The second-order valence-electron chi connectivity index (χ2n) is 6.45. The van der Waals surface area contributed by atoms with E-state index < -0.39 is 0 Å². The molecule has 0 fully saturated rings. The highest BCUT2D eigenvalue weighted by atomic mass is 16.5.